The van der Waals surface area contributed by atoms with Crippen molar-refractivity contribution in [1.82, 2.24) is 4.90 Å². The zero-order valence-electron chi connectivity index (χ0n) is 20.1. The average molecular weight is 533 g/mol. The number of rotatable bonds is 9. The maximum Gasteiger partial charge on any atom is 0.573 e. The summed E-state index contributed by atoms with van der Waals surface area (Å²) in [6, 6.07) is 22.5. The van der Waals surface area contributed by atoms with Crippen LogP contribution < -0.4 is 10.1 Å². The molecule has 0 bridgehead atoms. The Hall–Kier alpha value is -3.64. The largest absolute Gasteiger partial charge is 0.573 e. The normalized spacial score (nSPS) is 21.2. The van der Waals surface area contributed by atoms with Crippen molar-refractivity contribution in [3.05, 3.63) is 96.1 Å². The third-order valence-electron chi connectivity index (χ3n) is 5.84. The van der Waals surface area contributed by atoms with E-state index in [0.29, 0.717) is 11.3 Å². The van der Waals surface area contributed by atoms with E-state index in [1.54, 1.807) is 30.3 Å². The molecule has 3 aromatic carbocycles. The summed E-state index contributed by atoms with van der Waals surface area (Å²) < 4.78 is 52.9. The van der Waals surface area contributed by atoms with Crippen LogP contribution in [0.4, 0.5) is 23.7 Å². The molecule has 1 saturated heterocycles. The Morgan fingerprint density at radius 1 is 0.921 bits per heavy atom. The number of anilines is 1. The zero-order valence-corrected chi connectivity index (χ0v) is 20.1. The maximum atomic E-state index is 13.2. The van der Waals surface area contributed by atoms with Gasteiger partial charge in [0.1, 0.15) is 24.1 Å². The number of alkyl halides is 3. The van der Waals surface area contributed by atoms with Crippen molar-refractivity contribution in [3.63, 3.8) is 0 Å². The fraction of sp³-hybridized carbons (Fsp3) is 0.296. The molecule has 11 heteroatoms. The van der Waals surface area contributed by atoms with E-state index in [9.17, 15) is 28.2 Å². The Kier molecular flexibility index (Phi) is 8.85. The topological polar surface area (TPSA) is 100 Å². The van der Waals surface area contributed by atoms with Crippen LogP contribution in [0, 0.1) is 0 Å². The van der Waals surface area contributed by atoms with Crippen LogP contribution in [0.2, 0.25) is 0 Å². The van der Waals surface area contributed by atoms with Crippen LogP contribution >= 0.6 is 0 Å². The molecule has 1 heterocycles. The zero-order chi connectivity index (χ0) is 27.1. The van der Waals surface area contributed by atoms with Gasteiger partial charge in [-0.3, -0.25) is 0 Å². The first-order valence-electron chi connectivity index (χ1n) is 11.8. The molecule has 3 N–H and O–H groups in total. The molecule has 1 fully saturated rings. The summed E-state index contributed by atoms with van der Waals surface area (Å²) in [4.78, 5) is 14.6. The predicted molar refractivity (Wildman–Crippen MR) is 131 cm³/mol. The van der Waals surface area contributed by atoms with Gasteiger partial charge in [-0.05, 0) is 35.4 Å². The van der Waals surface area contributed by atoms with Crippen LogP contribution in [-0.4, -0.2) is 58.7 Å². The molecule has 1 aliphatic heterocycles. The van der Waals surface area contributed by atoms with Gasteiger partial charge in [0.25, 0.3) is 0 Å². The first kappa shape index (κ1) is 27.4. The van der Waals surface area contributed by atoms with Crippen LogP contribution in [0.15, 0.2) is 84.9 Å². The Balaban J connectivity index is 1.50. The minimum atomic E-state index is -4.82. The minimum absolute atomic E-state index is 0.0115. The van der Waals surface area contributed by atoms with Gasteiger partial charge in [0.05, 0.1) is 13.2 Å². The molecule has 0 radical (unpaired) electrons. The van der Waals surface area contributed by atoms with E-state index in [1.807, 2.05) is 30.3 Å². The van der Waals surface area contributed by atoms with E-state index in [0.717, 1.165) is 17.7 Å². The summed E-state index contributed by atoms with van der Waals surface area (Å²) in [5.74, 6) is -0.388. The quantitative estimate of drug-likeness (QED) is 0.381. The highest BCUT2D eigenvalue weighted by molar-refractivity contribution is 5.89. The lowest BCUT2D eigenvalue weighted by Crippen LogP contribution is -2.45. The Bertz CT molecular complexity index is 1160. The van der Waals surface area contributed by atoms with Crippen LogP contribution in [-0.2, 0) is 22.6 Å². The van der Waals surface area contributed by atoms with E-state index in [2.05, 4.69) is 10.1 Å². The number of hydrogen-bond acceptors (Lipinski definition) is 6. The SMILES string of the molecule is O=C(Nc1ccccc1)N(Cc1ccc(OC(F)(F)F)cc1)C[C@H]1OC(O)[C@H](O)[C@H]1OCc1ccccc1. The van der Waals surface area contributed by atoms with Crippen molar-refractivity contribution in [1.29, 1.82) is 0 Å². The van der Waals surface area contributed by atoms with Crippen molar-refractivity contribution in [2.45, 2.75) is 44.1 Å². The molecule has 1 unspecified atom stereocenters. The lowest BCUT2D eigenvalue weighted by atomic mass is 10.1. The van der Waals surface area contributed by atoms with Crippen molar-refractivity contribution in [2.75, 3.05) is 11.9 Å². The number of benzene rings is 3. The molecule has 4 atom stereocenters. The molecular formula is C27H27F3N2O6. The lowest BCUT2D eigenvalue weighted by Gasteiger charge is -2.29. The molecule has 202 valence electrons. The predicted octanol–water partition coefficient (Wildman–Crippen LogP) is 4.28. The number of urea groups is 1. The summed E-state index contributed by atoms with van der Waals surface area (Å²) in [6.45, 7) is 0.0431. The lowest BCUT2D eigenvalue weighted by molar-refractivity contribution is -0.274. The molecule has 1 aliphatic rings. The van der Waals surface area contributed by atoms with Crippen molar-refractivity contribution in [2.24, 2.45) is 0 Å². The molecule has 4 rings (SSSR count). The first-order valence-corrected chi connectivity index (χ1v) is 11.8. The number of ether oxygens (including phenoxy) is 3. The highest BCUT2D eigenvalue weighted by Gasteiger charge is 2.45. The van der Waals surface area contributed by atoms with Gasteiger partial charge in [-0.15, -0.1) is 13.2 Å². The number of nitrogens with one attached hydrogen (secondary N) is 1. The first-order chi connectivity index (χ1) is 18.2. The second-order valence-electron chi connectivity index (χ2n) is 8.69. The Morgan fingerprint density at radius 2 is 1.55 bits per heavy atom. The summed E-state index contributed by atoms with van der Waals surface area (Å²) in [5, 5.41) is 23.4. The third-order valence-corrected chi connectivity index (χ3v) is 5.84. The van der Waals surface area contributed by atoms with Crippen LogP contribution in [0.25, 0.3) is 0 Å². The number of carbonyl (C=O) groups is 1. The van der Waals surface area contributed by atoms with Crippen LogP contribution in [0.3, 0.4) is 0 Å². The van der Waals surface area contributed by atoms with Gasteiger partial charge in [0.2, 0.25) is 0 Å². The van der Waals surface area contributed by atoms with Crippen LogP contribution in [0.5, 0.6) is 5.75 Å². The minimum Gasteiger partial charge on any atom is -0.406 e. The maximum absolute atomic E-state index is 13.2. The van der Waals surface area contributed by atoms with E-state index >= 15 is 0 Å². The summed E-state index contributed by atoms with van der Waals surface area (Å²) in [5.41, 5.74) is 1.89. The van der Waals surface area contributed by atoms with Gasteiger partial charge in [-0.2, -0.15) is 0 Å². The van der Waals surface area contributed by atoms with E-state index in [4.69, 9.17) is 9.47 Å². The summed E-state index contributed by atoms with van der Waals surface area (Å²) in [6.07, 6.45) is -9.52. The summed E-state index contributed by atoms with van der Waals surface area (Å²) in [7, 11) is 0. The van der Waals surface area contributed by atoms with Crippen molar-refractivity contribution >= 4 is 11.7 Å². The van der Waals surface area contributed by atoms with Crippen molar-refractivity contribution in [3.8, 4) is 5.75 Å². The fourth-order valence-corrected chi connectivity index (χ4v) is 4.02. The Labute approximate surface area is 217 Å². The van der Waals surface area contributed by atoms with Crippen molar-refractivity contribution < 1.29 is 42.4 Å². The molecule has 0 aliphatic carbocycles. The van der Waals surface area contributed by atoms with E-state index in [-0.39, 0.29) is 25.4 Å². The van der Waals surface area contributed by atoms with Gasteiger partial charge >= 0.3 is 12.4 Å². The molecule has 8 nitrogen and oxygen atoms in total. The number of amides is 2. The number of aliphatic hydroxyl groups is 2. The van der Waals surface area contributed by atoms with E-state index in [1.165, 1.54) is 17.0 Å². The third kappa shape index (κ3) is 7.68. The molecule has 0 saturated carbocycles. The Morgan fingerprint density at radius 3 is 2.18 bits per heavy atom. The number of aliphatic hydroxyl groups excluding tert-OH is 2. The molecular weight excluding hydrogens is 505 g/mol. The van der Waals surface area contributed by atoms with Gasteiger partial charge < -0.3 is 34.6 Å². The monoisotopic (exact) mass is 532 g/mol. The number of nitrogens with zero attached hydrogens (tertiary/aromatic N) is 1. The molecule has 0 spiro atoms. The van der Waals surface area contributed by atoms with Gasteiger partial charge in [-0.1, -0.05) is 60.7 Å². The standard InChI is InChI=1S/C27H27F3N2O6/c28-27(29,30)38-21-13-11-18(12-14-21)15-32(26(35)31-20-9-5-2-6-10-20)16-22-24(23(33)25(34)37-22)36-17-19-7-3-1-4-8-19/h1-14,22-25,33-34H,15-17H2,(H,31,35)/t22-,23-,24+,25?/m1/s1. The molecule has 0 aromatic heterocycles. The number of carbonyl (C=O) groups excluding carboxylic acids is 1. The number of para-hydroxylation sites is 1. The highest BCUT2D eigenvalue weighted by Crippen LogP contribution is 2.27. The molecule has 2 amide bonds. The highest BCUT2D eigenvalue weighted by atomic mass is 19.4. The number of halogens is 3. The second kappa shape index (κ2) is 12.3. The smallest absolute Gasteiger partial charge is 0.406 e. The number of hydrogen-bond donors (Lipinski definition) is 3. The fourth-order valence-electron chi connectivity index (χ4n) is 4.02. The average Bonchev–Trinajstić information content (AvgIpc) is 3.15. The summed E-state index contributed by atoms with van der Waals surface area (Å²) >= 11 is 0. The van der Waals surface area contributed by atoms with Gasteiger partial charge in [0, 0.05) is 12.2 Å². The molecule has 3 aromatic rings. The van der Waals surface area contributed by atoms with Crippen LogP contribution in [0.1, 0.15) is 11.1 Å². The van der Waals surface area contributed by atoms with Gasteiger partial charge in [-0.25, -0.2) is 4.79 Å². The second-order valence-corrected chi connectivity index (χ2v) is 8.69. The van der Waals surface area contributed by atoms with E-state index < -0.39 is 37.0 Å². The van der Waals surface area contributed by atoms with Gasteiger partial charge in [0.15, 0.2) is 6.29 Å². The molecule has 38 heavy (non-hydrogen) atoms.